The number of hydrogen-bond acceptors (Lipinski definition) is 2. The Morgan fingerprint density at radius 2 is 2.12 bits per heavy atom. The van der Waals surface area contributed by atoms with Gasteiger partial charge in [0.05, 0.1) is 6.61 Å². The van der Waals surface area contributed by atoms with E-state index in [1.54, 1.807) is 6.08 Å². The van der Waals surface area contributed by atoms with Crippen molar-refractivity contribution in [1.29, 1.82) is 0 Å². The van der Waals surface area contributed by atoms with Gasteiger partial charge < -0.3 is 10.2 Å². The molecule has 0 atom stereocenters. The third kappa shape index (κ3) is 3.84. The first-order valence-electron chi connectivity index (χ1n) is 2.68. The maximum absolute atomic E-state index is 8.34. The quantitative estimate of drug-likeness (QED) is 0.521. The van der Waals surface area contributed by atoms with Crippen molar-refractivity contribution in [1.82, 2.24) is 0 Å². The summed E-state index contributed by atoms with van der Waals surface area (Å²) in [4.78, 5) is 0. The highest BCUT2D eigenvalue weighted by Gasteiger charge is 1.83. The zero-order valence-corrected chi connectivity index (χ0v) is 5.09. The molecule has 0 aromatic heterocycles. The van der Waals surface area contributed by atoms with Crippen LogP contribution in [0.15, 0.2) is 11.6 Å². The first kappa shape index (κ1) is 7.66. The summed E-state index contributed by atoms with van der Waals surface area (Å²) < 4.78 is 0. The molecule has 0 rings (SSSR count). The number of rotatable bonds is 3. The van der Waals surface area contributed by atoms with Crippen LogP contribution in [0.25, 0.3) is 0 Å². The van der Waals surface area contributed by atoms with Crippen molar-refractivity contribution < 1.29 is 10.2 Å². The number of aliphatic hydroxyl groups excluding tert-OH is 2. The van der Waals surface area contributed by atoms with Crippen LogP contribution in [0.5, 0.6) is 0 Å². The monoisotopic (exact) mass is 116 g/mol. The van der Waals surface area contributed by atoms with Crippen LogP contribution in [-0.2, 0) is 0 Å². The molecular weight excluding hydrogens is 104 g/mol. The largest absolute Gasteiger partial charge is 0.396 e. The van der Waals surface area contributed by atoms with E-state index < -0.39 is 0 Å². The summed E-state index contributed by atoms with van der Waals surface area (Å²) in [5, 5.41) is 16.6. The number of hydrogen-bond donors (Lipinski definition) is 2. The van der Waals surface area contributed by atoms with Crippen molar-refractivity contribution in [2.45, 2.75) is 13.3 Å². The lowest BCUT2D eigenvalue weighted by Crippen LogP contribution is -1.85. The van der Waals surface area contributed by atoms with Crippen LogP contribution in [0.2, 0.25) is 0 Å². The van der Waals surface area contributed by atoms with Crippen molar-refractivity contribution in [3.63, 3.8) is 0 Å². The van der Waals surface area contributed by atoms with Gasteiger partial charge in [-0.3, -0.25) is 0 Å². The molecule has 0 bridgehead atoms. The van der Waals surface area contributed by atoms with Crippen molar-refractivity contribution in [3.8, 4) is 0 Å². The maximum atomic E-state index is 8.34. The van der Waals surface area contributed by atoms with E-state index >= 15 is 0 Å². The topological polar surface area (TPSA) is 40.5 Å². The van der Waals surface area contributed by atoms with Crippen molar-refractivity contribution >= 4 is 0 Å². The van der Waals surface area contributed by atoms with E-state index in [-0.39, 0.29) is 13.2 Å². The summed E-state index contributed by atoms with van der Waals surface area (Å²) in [5.41, 5.74) is 1.04. The first-order valence-corrected chi connectivity index (χ1v) is 2.68. The van der Waals surface area contributed by atoms with E-state index in [0.717, 1.165) is 5.57 Å². The third-order valence-corrected chi connectivity index (χ3v) is 0.946. The minimum Gasteiger partial charge on any atom is -0.396 e. The summed E-state index contributed by atoms with van der Waals surface area (Å²) in [6, 6.07) is 0. The van der Waals surface area contributed by atoms with Gasteiger partial charge >= 0.3 is 0 Å². The van der Waals surface area contributed by atoms with E-state index in [9.17, 15) is 0 Å². The second-order valence-corrected chi connectivity index (χ2v) is 1.71. The molecule has 0 aromatic rings. The smallest absolute Gasteiger partial charge is 0.0614 e. The van der Waals surface area contributed by atoms with Crippen molar-refractivity contribution in [2.75, 3.05) is 13.2 Å². The van der Waals surface area contributed by atoms with Crippen LogP contribution < -0.4 is 0 Å². The summed E-state index contributed by atoms with van der Waals surface area (Å²) in [6.45, 7) is 2.13. The highest BCUT2D eigenvalue weighted by Crippen LogP contribution is 1.95. The fourth-order valence-electron chi connectivity index (χ4n) is 0.434. The molecule has 0 aliphatic rings. The SMILES string of the molecule is C/C(=C/CO)CCO. The molecule has 0 amide bonds. The highest BCUT2D eigenvalue weighted by molar-refractivity contribution is 4.97. The summed E-state index contributed by atoms with van der Waals surface area (Å²) in [6.07, 6.45) is 2.36. The molecule has 0 unspecified atom stereocenters. The van der Waals surface area contributed by atoms with E-state index in [2.05, 4.69) is 0 Å². The van der Waals surface area contributed by atoms with Gasteiger partial charge in [-0.25, -0.2) is 0 Å². The summed E-state index contributed by atoms with van der Waals surface area (Å²) in [5.74, 6) is 0. The van der Waals surface area contributed by atoms with Crippen LogP contribution in [0, 0.1) is 0 Å². The molecule has 0 saturated carbocycles. The van der Waals surface area contributed by atoms with Gasteiger partial charge in [-0.15, -0.1) is 0 Å². The lowest BCUT2D eigenvalue weighted by atomic mass is 10.2. The lowest BCUT2D eigenvalue weighted by molar-refractivity contribution is 0.297. The molecule has 0 fully saturated rings. The Kier molecular flexibility index (Phi) is 4.61. The number of aliphatic hydroxyl groups is 2. The third-order valence-electron chi connectivity index (χ3n) is 0.946. The Bertz CT molecular complexity index is 76.6. The van der Waals surface area contributed by atoms with E-state index in [1.165, 1.54) is 0 Å². The summed E-state index contributed by atoms with van der Waals surface area (Å²) >= 11 is 0. The van der Waals surface area contributed by atoms with E-state index in [4.69, 9.17) is 10.2 Å². The molecule has 0 heterocycles. The van der Waals surface area contributed by atoms with Gasteiger partial charge in [0, 0.05) is 6.61 Å². The molecule has 0 aromatic carbocycles. The Hall–Kier alpha value is -0.340. The van der Waals surface area contributed by atoms with Crippen molar-refractivity contribution in [2.24, 2.45) is 0 Å². The second kappa shape index (κ2) is 4.81. The molecule has 0 aliphatic heterocycles. The van der Waals surface area contributed by atoms with Gasteiger partial charge in [0.15, 0.2) is 0 Å². The molecule has 0 aliphatic carbocycles. The molecule has 2 heteroatoms. The highest BCUT2D eigenvalue weighted by atomic mass is 16.3. The minimum atomic E-state index is 0.0752. The summed E-state index contributed by atoms with van der Waals surface area (Å²) in [7, 11) is 0. The fourth-order valence-corrected chi connectivity index (χ4v) is 0.434. The average Bonchev–Trinajstić information content (AvgIpc) is 1.68. The van der Waals surface area contributed by atoms with Crippen LogP contribution in [0.4, 0.5) is 0 Å². The predicted octanol–water partition coefficient (Wildman–Crippen LogP) is 0.307. The van der Waals surface area contributed by atoms with Crippen molar-refractivity contribution in [3.05, 3.63) is 11.6 Å². The fraction of sp³-hybridized carbons (Fsp3) is 0.667. The lowest BCUT2D eigenvalue weighted by Gasteiger charge is -1.92. The molecule has 0 saturated heterocycles. The molecular formula is C6H12O2. The molecule has 8 heavy (non-hydrogen) atoms. The van der Waals surface area contributed by atoms with E-state index in [1.807, 2.05) is 6.92 Å². The second-order valence-electron chi connectivity index (χ2n) is 1.71. The Morgan fingerprint density at radius 3 is 2.50 bits per heavy atom. The molecule has 2 nitrogen and oxygen atoms in total. The van der Waals surface area contributed by atoms with Gasteiger partial charge in [0.25, 0.3) is 0 Å². The minimum absolute atomic E-state index is 0.0752. The first-order chi connectivity index (χ1) is 3.81. The van der Waals surface area contributed by atoms with Crippen LogP contribution in [-0.4, -0.2) is 23.4 Å². The van der Waals surface area contributed by atoms with Crippen LogP contribution in [0.1, 0.15) is 13.3 Å². The molecule has 0 spiro atoms. The van der Waals surface area contributed by atoms with Gasteiger partial charge in [-0.1, -0.05) is 11.6 Å². The Balaban J connectivity index is 3.29. The van der Waals surface area contributed by atoms with E-state index in [0.29, 0.717) is 6.42 Å². The predicted molar refractivity (Wildman–Crippen MR) is 32.5 cm³/mol. The van der Waals surface area contributed by atoms with Gasteiger partial charge in [-0.2, -0.15) is 0 Å². The maximum Gasteiger partial charge on any atom is 0.0614 e. The molecule has 0 radical (unpaired) electrons. The zero-order chi connectivity index (χ0) is 6.41. The van der Waals surface area contributed by atoms with Crippen LogP contribution >= 0.6 is 0 Å². The standard InChI is InChI=1S/C6H12O2/c1-6(2-4-7)3-5-8/h2,7-8H,3-5H2,1H3/b6-2-. The molecule has 48 valence electrons. The van der Waals surface area contributed by atoms with Gasteiger partial charge in [0.2, 0.25) is 0 Å². The molecule has 2 N–H and O–H groups in total. The van der Waals surface area contributed by atoms with Crippen LogP contribution in [0.3, 0.4) is 0 Å². The Labute approximate surface area is 49.5 Å². The normalized spacial score (nSPS) is 12.1. The average molecular weight is 116 g/mol. The Morgan fingerprint density at radius 1 is 1.50 bits per heavy atom. The van der Waals surface area contributed by atoms with Gasteiger partial charge in [-0.05, 0) is 13.3 Å². The zero-order valence-electron chi connectivity index (χ0n) is 5.09. The van der Waals surface area contributed by atoms with Gasteiger partial charge in [0.1, 0.15) is 0 Å².